The standard InChI is InChI=1S/C13H9.2C7H7.C5H5.C2H7Si.Ti/c1-3-7-12-10(5-1)9-11-6-2-4-8-13(11)12;2*1-7-5-3-2-4-6-7;1-2-4-5-3-1;1-3-2;/h1-5,7-8H,9H2;2*2-6H,1H2;1-3H,4H2;3H,1-2H3;/q4*-1;;+4. The third kappa shape index (κ3) is 12.1. The van der Waals surface area contributed by atoms with Gasteiger partial charge in [-0.15, -0.1) is 36.2 Å². The molecule has 0 atom stereocenters. The maximum Gasteiger partial charge on any atom is 4.00 e. The summed E-state index contributed by atoms with van der Waals surface area (Å²) in [4.78, 5) is 0. The van der Waals surface area contributed by atoms with Crippen LogP contribution in [0.1, 0.15) is 28.7 Å². The van der Waals surface area contributed by atoms with E-state index < -0.39 is 0 Å². The Hall–Kier alpha value is -2.97. The summed E-state index contributed by atoms with van der Waals surface area (Å²) in [5.41, 5.74) is 7.65. The van der Waals surface area contributed by atoms with Crippen molar-refractivity contribution in [3.05, 3.63) is 170 Å². The van der Waals surface area contributed by atoms with E-state index in [4.69, 9.17) is 0 Å². The van der Waals surface area contributed by atoms with Gasteiger partial charge in [-0.3, -0.25) is 6.08 Å². The van der Waals surface area contributed by atoms with Crippen LogP contribution in [0.15, 0.2) is 121 Å². The number of fused-ring (bicyclic) bond motifs is 3. The summed E-state index contributed by atoms with van der Waals surface area (Å²) in [6.45, 7) is 11.9. The minimum absolute atomic E-state index is 0. The first-order valence-corrected chi connectivity index (χ1v) is 14.2. The Morgan fingerprint density at radius 1 is 0.694 bits per heavy atom. The molecule has 2 aliphatic rings. The molecular weight excluding hydrogens is 484 g/mol. The van der Waals surface area contributed by atoms with Crippen LogP contribution in [0.25, 0.3) is 11.1 Å². The molecule has 0 nitrogen and oxygen atoms in total. The second-order valence-corrected chi connectivity index (χ2v) is 9.10. The van der Waals surface area contributed by atoms with Crippen molar-refractivity contribution in [1.29, 1.82) is 0 Å². The summed E-state index contributed by atoms with van der Waals surface area (Å²) >= 11 is 0. The molecule has 4 aromatic rings. The molecule has 0 saturated heterocycles. The van der Waals surface area contributed by atoms with Gasteiger partial charge >= 0.3 is 21.7 Å². The zero-order valence-corrected chi connectivity index (χ0v) is 24.2. The van der Waals surface area contributed by atoms with Crippen LogP contribution in [-0.2, 0) is 28.1 Å². The molecule has 0 N–H and O–H groups in total. The van der Waals surface area contributed by atoms with Gasteiger partial charge in [0.1, 0.15) is 0 Å². The van der Waals surface area contributed by atoms with Crippen molar-refractivity contribution in [2.45, 2.75) is 25.9 Å². The van der Waals surface area contributed by atoms with Gasteiger partial charge in [-0.25, -0.2) is 12.2 Å². The normalized spacial score (nSPS) is 10.7. The van der Waals surface area contributed by atoms with E-state index in [0.29, 0.717) is 0 Å². The Labute approximate surface area is 236 Å². The van der Waals surface area contributed by atoms with E-state index >= 15 is 0 Å². The predicted octanol–water partition coefficient (Wildman–Crippen LogP) is 8.62. The summed E-state index contributed by atoms with van der Waals surface area (Å²) < 4.78 is 0. The molecule has 36 heavy (non-hydrogen) atoms. The first kappa shape index (κ1) is 31.1. The molecule has 6 rings (SSSR count). The fraction of sp³-hybridized carbons (Fsp3) is 0.118. The van der Waals surface area contributed by atoms with E-state index in [2.05, 4.69) is 81.6 Å². The summed E-state index contributed by atoms with van der Waals surface area (Å²) in [5, 5.41) is 0. The van der Waals surface area contributed by atoms with E-state index in [1.54, 1.807) is 0 Å². The molecule has 2 heteroatoms. The van der Waals surface area contributed by atoms with Gasteiger partial charge in [-0.2, -0.15) is 85.1 Å². The minimum atomic E-state index is 0. The number of hydrogen-bond acceptors (Lipinski definition) is 0. The number of benzene rings is 4. The second-order valence-electron chi connectivity index (χ2n) is 7.95. The average molecular weight is 520 g/mol. The topological polar surface area (TPSA) is 0 Å². The van der Waals surface area contributed by atoms with E-state index in [-0.39, 0.29) is 21.7 Å². The van der Waals surface area contributed by atoms with Crippen molar-refractivity contribution in [1.82, 2.24) is 0 Å². The molecule has 0 aliphatic heterocycles. The zero-order valence-electron chi connectivity index (χ0n) is 21.5. The third-order valence-electron chi connectivity index (χ3n) is 4.89. The van der Waals surface area contributed by atoms with E-state index in [0.717, 1.165) is 33.5 Å². The Morgan fingerprint density at radius 3 is 1.67 bits per heavy atom. The first-order chi connectivity index (χ1) is 17.2. The predicted molar refractivity (Wildman–Crippen MR) is 156 cm³/mol. The molecule has 179 valence electrons. The Balaban J connectivity index is 0.000000244. The van der Waals surface area contributed by atoms with Crippen LogP contribution in [-0.4, -0.2) is 9.52 Å². The molecular formula is C34H35SiTi. The fourth-order valence-corrected chi connectivity index (χ4v) is 3.29. The fourth-order valence-electron chi connectivity index (χ4n) is 3.29. The first-order valence-electron chi connectivity index (χ1n) is 11.9. The number of hydrogen-bond donors (Lipinski definition) is 0. The van der Waals surface area contributed by atoms with Crippen molar-refractivity contribution in [3.8, 4) is 11.1 Å². The van der Waals surface area contributed by atoms with Crippen molar-refractivity contribution in [3.63, 3.8) is 0 Å². The summed E-state index contributed by atoms with van der Waals surface area (Å²) in [7, 11) is 0.750. The van der Waals surface area contributed by atoms with Gasteiger partial charge in [0.2, 0.25) is 0 Å². The van der Waals surface area contributed by atoms with Gasteiger partial charge in [0.25, 0.3) is 0 Å². The van der Waals surface area contributed by atoms with Crippen LogP contribution in [0.3, 0.4) is 0 Å². The molecule has 1 radical (unpaired) electrons. The van der Waals surface area contributed by atoms with Crippen LogP contribution in [0, 0.1) is 26.0 Å². The number of rotatable bonds is 0. The van der Waals surface area contributed by atoms with Crippen LogP contribution < -0.4 is 0 Å². The third-order valence-corrected chi connectivity index (χ3v) is 4.89. The van der Waals surface area contributed by atoms with Crippen molar-refractivity contribution < 1.29 is 21.7 Å². The van der Waals surface area contributed by atoms with Gasteiger partial charge in [0, 0.05) is 9.52 Å². The summed E-state index contributed by atoms with van der Waals surface area (Å²) in [6.07, 6.45) is 11.0. The van der Waals surface area contributed by atoms with Crippen molar-refractivity contribution in [2.24, 2.45) is 0 Å². The minimum Gasteiger partial charge on any atom is -0.273 e. The molecule has 4 aromatic carbocycles. The van der Waals surface area contributed by atoms with Crippen molar-refractivity contribution in [2.75, 3.05) is 0 Å². The molecule has 0 amide bonds. The largest absolute Gasteiger partial charge is 4.00 e. The van der Waals surface area contributed by atoms with Gasteiger partial charge in [-0.05, 0) is 6.42 Å². The molecule has 0 saturated carbocycles. The molecule has 0 fully saturated rings. The summed E-state index contributed by atoms with van der Waals surface area (Å²) in [5.74, 6) is 0. The van der Waals surface area contributed by atoms with Crippen LogP contribution in [0.2, 0.25) is 13.1 Å². The SMILES string of the molecule is C[SiH]C.[C-]1=CC=CC1.[CH2-]c1ccccc1.[CH2-]c1ccccc1.[Ti+4].[c-]1cccc2c1Cc1ccccc1-2. The van der Waals surface area contributed by atoms with Gasteiger partial charge in [0.15, 0.2) is 0 Å². The van der Waals surface area contributed by atoms with Gasteiger partial charge < -0.3 is 0 Å². The quantitative estimate of drug-likeness (QED) is 0.142. The molecule has 2 aliphatic carbocycles. The average Bonchev–Trinajstić information content (AvgIpc) is 3.58. The number of allylic oxidation sites excluding steroid dienone is 4. The Kier molecular flexibility index (Phi) is 16.6. The maximum atomic E-state index is 3.72. The van der Waals surface area contributed by atoms with Crippen LogP contribution in [0.5, 0.6) is 0 Å². The van der Waals surface area contributed by atoms with Gasteiger partial charge in [-0.1, -0.05) is 60.6 Å². The molecule has 0 bridgehead atoms. The summed E-state index contributed by atoms with van der Waals surface area (Å²) in [6, 6.07) is 37.9. The second kappa shape index (κ2) is 19.2. The zero-order chi connectivity index (χ0) is 25.1. The van der Waals surface area contributed by atoms with E-state index in [1.165, 1.54) is 22.3 Å². The maximum absolute atomic E-state index is 3.72. The van der Waals surface area contributed by atoms with E-state index in [9.17, 15) is 0 Å². The smallest absolute Gasteiger partial charge is 0.273 e. The van der Waals surface area contributed by atoms with Crippen LogP contribution >= 0.6 is 0 Å². The van der Waals surface area contributed by atoms with E-state index in [1.807, 2.05) is 78.9 Å². The monoisotopic (exact) mass is 519 g/mol. The molecule has 0 unspecified atom stereocenters. The van der Waals surface area contributed by atoms with Crippen LogP contribution in [0.4, 0.5) is 0 Å². The Bertz CT molecular complexity index is 1060. The molecule has 0 spiro atoms. The van der Waals surface area contributed by atoms with Gasteiger partial charge in [0.05, 0.1) is 0 Å². The molecule has 0 heterocycles. The molecule has 0 aromatic heterocycles. The Morgan fingerprint density at radius 2 is 1.22 bits per heavy atom. The van der Waals surface area contributed by atoms with Crippen molar-refractivity contribution >= 4 is 9.52 Å².